The lowest BCUT2D eigenvalue weighted by molar-refractivity contribution is -0.121. The molecule has 1 aliphatic heterocycles. The molecule has 1 N–H and O–H groups in total. The van der Waals surface area contributed by atoms with Crippen LogP contribution in [-0.2, 0) is 9.53 Å². The number of ether oxygens (including phenoxy) is 1. The van der Waals surface area contributed by atoms with E-state index in [2.05, 4.69) is 15.5 Å². The molecule has 3 rings (SSSR count). The quantitative estimate of drug-likeness (QED) is 0.929. The van der Waals surface area contributed by atoms with E-state index in [4.69, 9.17) is 20.9 Å². The van der Waals surface area contributed by atoms with Crippen LogP contribution in [0.1, 0.15) is 31.6 Å². The van der Waals surface area contributed by atoms with Crippen molar-refractivity contribution in [3.63, 3.8) is 0 Å². The summed E-state index contributed by atoms with van der Waals surface area (Å²) in [4.78, 5) is 16.4. The molecule has 0 aliphatic carbocycles. The van der Waals surface area contributed by atoms with Gasteiger partial charge in [-0.15, -0.1) is 0 Å². The Labute approximate surface area is 138 Å². The van der Waals surface area contributed by atoms with Gasteiger partial charge >= 0.3 is 0 Å². The minimum atomic E-state index is -0.390. The molecule has 0 radical (unpaired) electrons. The first kappa shape index (κ1) is 15.6. The molecule has 0 saturated heterocycles. The lowest BCUT2D eigenvalue weighted by Crippen LogP contribution is -2.30. The summed E-state index contributed by atoms with van der Waals surface area (Å²) in [6, 6.07) is 6.70. The Morgan fingerprint density at radius 3 is 2.83 bits per heavy atom. The highest BCUT2D eigenvalue weighted by molar-refractivity contribution is 6.30. The average Bonchev–Trinajstić information content (AvgIpc) is 3.06. The number of hydrogen-bond donors (Lipinski definition) is 1. The van der Waals surface area contributed by atoms with E-state index in [1.54, 1.807) is 37.3 Å². The summed E-state index contributed by atoms with van der Waals surface area (Å²) in [5, 5.41) is 7.35. The molecular formula is C16H16ClN3O3. The fourth-order valence-corrected chi connectivity index (χ4v) is 2.29. The molecule has 0 bridgehead atoms. The summed E-state index contributed by atoms with van der Waals surface area (Å²) in [5.41, 5.74) is 0.769. The third-order valence-electron chi connectivity index (χ3n) is 3.43. The summed E-state index contributed by atoms with van der Waals surface area (Å²) in [5.74, 6) is 0.866. The van der Waals surface area contributed by atoms with Gasteiger partial charge in [0, 0.05) is 10.6 Å². The van der Waals surface area contributed by atoms with Gasteiger partial charge in [-0.3, -0.25) is 4.79 Å². The first-order valence-corrected chi connectivity index (χ1v) is 7.74. The topological polar surface area (TPSA) is 77.2 Å². The molecule has 23 heavy (non-hydrogen) atoms. The fourth-order valence-electron chi connectivity index (χ4n) is 2.17. The molecule has 0 unspecified atom stereocenters. The number of carbonyl (C=O) groups is 1. The Bertz CT molecular complexity index is 724. The van der Waals surface area contributed by atoms with Gasteiger partial charge in [-0.1, -0.05) is 16.8 Å². The molecule has 120 valence electrons. The van der Waals surface area contributed by atoms with E-state index in [9.17, 15) is 4.79 Å². The standard InChI is InChI=1S/C16H16ClN3O3/c1-10(18-15(21)13-4-2-3-9-22-13)14-19-16(23-20-14)11-5-7-12(17)8-6-11/h4-8,10H,2-3,9H2,1H3,(H,18,21)/t10-/m1/s1. The Morgan fingerprint density at radius 1 is 1.35 bits per heavy atom. The molecule has 1 amide bonds. The minimum Gasteiger partial charge on any atom is -0.488 e. The molecule has 6 nitrogen and oxygen atoms in total. The van der Waals surface area contributed by atoms with Gasteiger partial charge in [0.05, 0.1) is 12.6 Å². The van der Waals surface area contributed by atoms with Crippen LogP contribution in [-0.4, -0.2) is 22.7 Å². The van der Waals surface area contributed by atoms with E-state index >= 15 is 0 Å². The highest BCUT2D eigenvalue weighted by Crippen LogP contribution is 2.21. The van der Waals surface area contributed by atoms with Crippen molar-refractivity contribution in [2.24, 2.45) is 0 Å². The zero-order valence-corrected chi connectivity index (χ0v) is 13.3. The zero-order chi connectivity index (χ0) is 16.2. The summed E-state index contributed by atoms with van der Waals surface area (Å²) in [7, 11) is 0. The Hall–Kier alpha value is -2.34. The van der Waals surface area contributed by atoms with E-state index in [0.717, 1.165) is 18.4 Å². The van der Waals surface area contributed by atoms with Crippen LogP contribution in [0.2, 0.25) is 5.02 Å². The van der Waals surface area contributed by atoms with Gasteiger partial charge in [-0.2, -0.15) is 4.98 Å². The number of rotatable bonds is 4. The van der Waals surface area contributed by atoms with Gasteiger partial charge in [-0.05, 0) is 50.1 Å². The lowest BCUT2D eigenvalue weighted by Gasteiger charge is -2.16. The van der Waals surface area contributed by atoms with E-state index < -0.39 is 6.04 Å². The van der Waals surface area contributed by atoms with Crippen LogP contribution in [0.25, 0.3) is 11.5 Å². The first-order valence-electron chi connectivity index (χ1n) is 7.37. The summed E-state index contributed by atoms with van der Waals surface area (Å²) < 4.78 is 10.6. The predicted octanol–water partition coefficient (Wildman–Crippen LogP) is 3.26. The second-order valence-corrected chi connectivity index (χ2v) is 5.66. The maximum Gasteiger partial charge on any atom is 0.286 e. The Kier molecular flexibility index (Phi) is 4.62. The largest absolute Gasteiger partial charge is 0.488 e. The van der Waals surface area contributed by atoms with Crippen LogP contribution >= 0.6 is 11.6 Å². The van der Waals surface area contributed by atoms with Gasteiger partial charge < -0.3 is 14.6 Å². The van der Waals surface area contributed by atoms with Crippen molar-refractivity contribution in [3.05, 3.63) is 46.9 Å². The molecule has 2 heterocycles. The fraction of sp³-hybridized carbons (Fsp3) is 0.312. The SMILES string of the molecule is C[C@@H](NC(=O)C1=CCCCO1)c1noc(-c2ccc(Cl)cc2)n1. The van der Waals surface area contributed by atoms with Gasteiger partial charge in [-0.25, -0.2) is 0 Å². The van der Waals surface area contributed by atoms with E-state index in [-0.39, 0.29) is 5.91 Å². The molecule has 1 atom stereocenters. The van der Waals surface area contributed by atoms with E-state index in [1.807, 2.05) is 0 Å². The summed E-state index contributed by atoms with van der Waals surface area (Å²) in [6.07, 6.45) is 3.57. The molecule has 1 aromatic carbocycles. The van der Waals surface area contributed by atoms with Crippen molar-refractivity contribution in [2.75, 3.05) is 6.61 Å². The average molecular weight is 334 g/mol. The van der Waals surface area contributed by atoms with Gasteiger partial charge in [0.25, 0.3) is 11.8 Å². The van der Waals surface area contributed by atoms with E-state index in [1.165, 1.54) is 0 Å². The lowest BCUT2D eigenvalue weighted by atomic mass is 10.2. The molecule has 0 saturated carbocycles. The maximum atomic E-state index is 12.1. The Morgan fingerprint density at radius 2 is 2.13 bits per heavy atom. The third kappa shape index (κ3) is 3.71. The summed E-state index contributed by atoms with van der Waals surface area (Å²) >= 11 is 5.85. The highest BCUT2D eigenvalue weighted by atomic mass is 35.5. The number of amides is 1. The first-order chi connectivity index (χ1) is 11.1. The maximum absolute atomic E-state index is 12.1. The van der Waals surface area contributed by atoms with Crippen molar-refractivity contribution < 1.29 is 14.1 Å². The van der Waals surface area contributed by atoms with E-state index in [0.29, 0.717) is 29.1 Å². The second-order valence-electron chi connectivity index (χ2n) is 5.22. The van der Waals surface area contributed by atoms with Crippen LogP contribution in [0.3, 0.4) is 0 Å². The van der Waals surface area contributed by atoms with Crippen molar-refractivity contribution in [3.8, 4) is 11.5 Å². The number of nitrogens with one attached hydrogen (secondary N) is 1. The highest BCUT2D eigenvalue weighted by Gasteiger charge is 2.20. The van der Waals surface area contributed by atoms with Crippen LogP contribution in [0.5, 0.6) is 0 Å². The van der Waals surface area contributed by atoms with Crippen molar-refractivity contribution >= 4 is 17.5 Å². The number of nitrogens with zero attached hydrogens (tertiary/aromatic N) is 2. The number of aromatic nitrogens is 2. The molecule has 1 aromatic heterocycles. The van der Waals surface area contributed by atoms with Crippen molar-refractivity contribution in [2.45, 2.75) is 25.8 Å². The molecule has 7 heteroatoms. The van der Waals surface area contributed by atoms with Gasteiger partial charge in [0.15, 0.2) is 11.6 Å². The second kappa shape index (κ2) is 6.83. The smallest absolute Gasteiger partial charge is 0.286 e. The van der Waals surface area contributed by atoms with Crippen LogP contribution in [0.15, 0.2) is 40.6 Å². The molecular weight excluding hydrogens is 318 g/mol. The van der Waals surface area contributed by atoms with Crippen LogP contribution in [0, 0.1) is 0 Å². The normalized spacial score (nSPS) is 15.5. The van der Waals surface area contributed by atoms with Crippen LogP contribution < -0.4 is 5.32 Å². The minimum absolute atomic E-state index is 0.268. The number of carbonyl (C=O) groups excluding carboxylic acids is 1. The molecule has 2 aromatic rings. The Balaban J connectivity index is 1.68. The van der Waals surface area contributed by atoms with Crippen molar-refractivity contribution in [1.29, 1.82) is 0 Å². The molecule has 1 aliphatic rings. The zero-order valence-electron chi connectivity index (χ0n) is 12.6. The third-order valence-corrected chi connectivity index (χ3v) is 3.68. The number of halogens is 1. The van der Waals surface area contributed by atoms with Crippen LogP contribution in [0.4, 0.5) is 0 Å². The molecule has 0 fully saturated rings. The number of allylic oxidation sites excluding steroid dienone is 1. The summed E-state index contributed by atoms with van der Waals surface area (Å²) in [6.45, 7) is 2.36. The van der Waals surface area contributed by atoms with Gasteiger partial charge in [0.2, 0.25) is 0 Å². The predicted molar refractivity (Wildman–Crippen MR) is 84.6 cm³/mol. The number of hydrogen-bond acceptors (Lipinski definition) is 5. The molecule has 0 spiro atoms. The monoisotopic (exact) mass is 333 g/mol. The number of benzene rings is 1. The van der Waals surface area contributed by atoms with Crippen molar-refractivity contribution in [1.82, 2.24) is 15.5 Å². The van der Waals surface area contributed by atoms with Gasteiger partial charge in [0.1, 0.15) is 0 Å².